The van der Waals surface area contributed by atoms with Crippen molar-refractivity contribution in [1.29, 1.82) is 0 Å². The molecule has 0 aliphatic carbocycles. The number of aromatic nitrogens is 4. The quantitative estimate of drug-likeness (QED) is 0.396. The molecule has 3 rings (SSSR count). The van der Waals surface area contributed by atoms with Crippen molar-refractivity contribution in [2.75, 3.05) is 13.6 Å². The van der Waals surface area contributed by atoms with Crippen molar-refractivity contribution in [2.45, 2.75) is 32.2 Å². The lowest BCUT2D eigenvalue weighted by Gasteiger charge is -2.14. The smallest absolute Gasteiger partial charge is 0.475 e. The molecule has 2 aromatic heterocycles. The van der Waals surface area contributed by atoms with Crippen LogP contribution in [-0.2, 0) is 22.6 Å². The van der Waals surface area contributed by atoms with E-state index in [2.05, 4.69) is 44.2 Å². The Kier molecular flexibility index (Phi) is 10.0. The van der Waals surface area contributed by atoms with Crippen LogP contribution in [0.1, 0.15) is 17.2 Å². The minimum atomic E-state index is -5.08. The van der Waals surface area contributed by atoms with Crippen LogP contribution < -0.4 is 0 Å². The average molecular weight is 497 g/mol. The van der Waals surface area contributed by atoms with E-state index in [9.17, 15) is 26.3 Å². The summed E-state index contributed by atoms with van der Waals surface area (Å²) >= 11 is 0. The third kappa shape index (κ3) is 9.89. The second-order valence-electron chi connectivity index (χ2n) is 6.83. The van der Waals surface area contributed by atoms with Gasteiger partial charge in [-0.1, -0.05) is 18.2 Å². The first kappa shape index (κ1) is 28.4. The maximum absolute atomic E-state index is 10.6. The predicted octanol–water partition coefficient (Wildman–Crippen LogP) is 3.54. The number of rotatable bonds is 5. The van der Waals surface area contributed by atoms with E-state index in [1.165, 1.54) is 11.1 Å². The number of carboxylic acids is 2. The van der Waals surface area contributed by atoms with E-state index < -0.39 is 24.3 Å². The summed E-state index contributed by atoms with van der Waals surface area (Å²) in [6, 6.07) is 8.21. The lowest BCUT2D eigenvalue weighted by Crippen LogP contribution is -2.21. The molecule has 4 N–H and O–H groups in total. The number of aromatic amines is 2. The van der Waals surface area contributed by atoms with Crippen molar-refractivity contribution >= 4 is 22.8 Å². The molecule has 3 aromatic rings. The van der Waals surface area contributed by atoms with E-state index in [-0.39, 0.29) is 0 Å². The van der Waals surface area contributed by atoms with Crippen molar-refractivity contribution in [3.05, 3.63) is 47.7 Å². The Hall–Kier alpha value is -3.62. The number of likely N-dealkylation sites (N-methyl/N-ethyl adjacent to an activating group) is 1. The van der Waals surface area contributed by atoms with Crippen LogP contribution in [0.25, 0.3) is 10.9 Å². The topological polar surface area (TPSA) is 135 Å². The predicted molar refractivity (Wildman–Crippen MR) is 107 cm³/mol. The molecule has 0 amide bonds. The van der Waals surface area contributed by atoms with Crippen LogP contribution in [0.2, 0.25) is 0 Å². The summed E-state index contributed by atoms with van der Waals surface area (Å²) in [7, 11) is 2.11. The lowest BCUT2D eigenvalue weighted by atomic mass is 10.1. The van der Waals surface area contributed by atoms with Gasteiger partial charge < -0.3 is 15.2 Å². The van der Waals surface area contributed by atoms with Crippen LogP contribution in [0.15, 0.2) is 30.5 Å². The molecule has 0 spiro atoms. The molecule has 0 atom stereocenters. The van der Waals surface area contributed by atoms with Crippen molar-refractivity contribution in [3.63, 3.8) is 0 Å². The van der Waals surface area contributed by atoms with Gasteiger partial charge in [0.05, 0.1) is 12.1 Å². The number of nitrogens with zero attached hydrogens (tertiary/aromatic N) is 3. The van der Waals surface area contributed by atoms with E-state index in [1.54, 1.807) is 0 Å². The SMILES string of the molecule is Cc1cnc(CN(C)CCc2[nH]nc3ccccc23)[nH]1.O=C(O)C(F)(F)F.O=C(O)C(F)(F)F. The molecule has 0 saturated heterocycles. The monoisotopic (exact) mass is 497 g/mol. The van der Waals surface area contributed by atoms with Crippen LogP contribution in [0.4, 0.5) is 26.3 Å². The number of benzene rings is 1. The summed E-state index contributed by atoms with van der Waals surface area (Å²) in [5, 5.41) is 22.9. The highest BCUT2D eigenvalue weighted by Crippen LogP contribution is 2.16. The fraction of sp³-hybridized carbons (Fsp3) is 0.368. The number of aliphatic carboxylic acids is 2. The Morgan fingerprint density at radius 1 is 1.03 bits per heavy atom. The van der Waals surface area contributed by atoms with Gasteiger partial charge in [0.15, 0.2) is 0 Å². The molecular weight excluding hydrogens is 476 g/mol. The standard InChI is InChI=1S/C15H19N5.2C2HF3O2/c1-11-9-16-15(17-11)10-20(2)8-7-14-12-5-3-4-6-13(12)18-19-14;2*3-2(4,5)1(6)7/h3-6,9H,7-8,10H2,1-2H3,(H,16,17)(H,18,19);2*(H,6,7). The van der Waals surface area contributed by atoms with Crippen LogP contribution in [-0.4, -0.2) is 73.2 Å². The molecule has 0 radical (unpaired) electrons. The summed E-state index contributed by atoms with van der Waals surface area (Å²) in [6.07, 6.45) is -7.34. The molecule has 188 valence electrons. The summed E-state index contributed by atoms with van der Waals surface area (Å²) in [4.78, 5) is 27.6. The number of para-hydroxylation sites is 1. The third-order valence-electron chi connectivity index (χ3n) is 3.94. The molecule has 0 unspecified atom stereocenters. The third-order valence-corrected chi connectivity index (χ3v) is 3.94. The molecule has 34 heavy (non-hydrogen) atoms. The van der Waals surface area contributed by atoms with Crippen LogP contribution in [0.3, 0.4) is 0 Å². The minimum absolute atomic E-state index is 0.833. The number of fused-ring (bicyclic) bond motifs is 1. The zero-order chi connectivity index (χ0) is 26.1. The van der Waals surface area contributed by atoms with Gasteiger partial charge in [-0.05, 0) is 20.0 Å². The van der Waals surface area contributed by atoms with E-state index in [0.717, 1.165) is 36.5 Å². The summed E-state index contributed by atoms with van der Waals surface area (Å²) in [5.41, 5.74) is 3.34. The first-order valence-electron chi connectivity index (χ1n) is 9.32. The molecule has 0 saturated carbocycles. The second-order valence-corrected chi connectivity index (χ2v) is 6.83. The number of halogens is 6. The van der Waals surface area contributed by atoms with Gasteiger partial charge in [0, 0.05) is 35.9 Å². The Morgan fingerprint density at radius 2 is 1.56 bits per heavy atom. The molecule has 0 aliphatic heterocycles. The highest BCUT2D eigenvalue weighted by molar-refractivity contribution is 5.81. The number of carbonyl (C=O) groups is 2. The molecule has 9 nitrogen and oxygen atoms in total. The first-order chi connectivity index (χ1) is 15.6. The van der Waals surface area contributed by atoms with E-state index in [4.69, 9.17) is 19.8 Å². The van der Waals surface area contributed by atoms with Crippen molar-refractivity contribution in [1.82, 2.24) is 25.1 Å². The summed E-state index contributed by atoms with van der Waals surface area (Å²) < 4.78 is 63.5. The molecule has 1 aromatic carbocycles. The molecule has 0 aliphatic rings. The highest BCUT2D eigenvalue weighted by atomic mass is 19.4. The Morgan fingerprint density at radius 3 is 2.03 bits per heavy atom. The zero-order valence-electron chi connectivity index (χ0n) is 17.8. The number of H-pyrrole nitrogens is 2. The lowest BCUT2D eigenvalue weighted by molar-refractivity contribution is -0.193. The largest absolute Gasteiger partial charge is 0.490 e. The van der Waals surface area contributed by atoms with Gasteiger partial charge in [-0.3, -0.25) is 10.00 Å². The normalized spacial score (nSPS) is 11.4. The molecule has 2 heterocycles. The van der Waals surface area contributed by atoms with E-state index >= 15 is 0 Å². The number of hydrogen-bond donors (Lipinski definition) is 4. The van der Waals surface area contributed by atoms with Gasteiger partial charge in [0.25, 0.3) is 0 Å². The number of nitrogens with one attached hydrogen (secondary N) is 2. The summed E-state index contributed by atoms with van der Waals surface area (Å²) in [5.74, 6) is -4.50. The number of hydrogen-bond acceptors (Lipinski definition) is 5. The van der Waals surface area contributed by atoms with E-state index in [1.807, 2.05) is 25.3 Å². The fourth-order valence-electron chi connectivity index (χ4n) is 2.39. The fourth-order valence-corrected chi connectivity index (χ4v) is 2.39. The van der Waals surface area contributed by atoms with Gasteiger partial charge >= 0.3 is 24.3 Å². The Labute approximate surface area is 188 Å². The Bertz CT molecular complexity index is 1050. The second kappa shape index (κ2) is 12.0. The van der Waals surface area contributed by atoms with Gasteiger partial charge in [0.1, 0.15) is 5.82 Å². The number of alkyl halides is 6. The molecule has 0 fully saturated rings. The van der Waals surface area contributed by atoms with Gasteiger partial charge in [-0.15, -0.1) is 0 Å². The van der Waals surface area contributed by atoms with Crippen LogP contribution in [0.5, 0.6) is 0 Å². The first-order valence-corrected chi connectivity index (χ1v) is 9.32. The summed E-state index contributed by atoms with van der Waals surface area (Å²) in [6.45, 7) is 3.82. The minimum Gasteiger partial charge on any atom is -0.475 e. The maximum Gasteiger partial charge on any atom is 0.490 e. The number of carboxylic acid groups (broad SMARTS) is 2. The van der Waals surface area contributed by atoms with Gasteiger partial charge in [-0.25, -0.2) is 14.6 Å². The molecule has 15 heteroatoms. The average Bonchev–Trinajstić information content (AvgIpc) is 3.31. The van der Waals surface area contributed by atoms with Gasteiger partial charge in [0.2, 0.25) is 0 Å². The highest BCUT2D eigenvalue weighted by Gasteiger charge is 2.38. The van der Waals surface area contributed by atoms with Crippen LogP contribution >= 0.6 is 0 Å². The van der Waals surface area contributed by atoms with Crippen molar-refractivity contribution < 1.29 is 46.1 Å². The van der Waals surface area contributed by atoms with Crippen LogP contribution in [0, 0.1) is 6.92 Å². The Balaban J connectivity index is 0.000000343. The number of aryl methyl sites for hydroxylation is 1. The maximum atomic E-state index is 10.6. The van der Waals surface area contributed by atoms with Crippen molar-refractivity contribution in [2.24, 2.45) is 0 Å². The van der Waals surface area contributed by atoms with E-state index in [0.29, 0.717) is 0 Å². The molecule has 0 bridgehead atoms. The van der Waals surface area contributed by atoms with Gasteiger partial charge in [-0.2, -0.15) is 31.4 Å². The van der Waals surface area contributed by atoms with Crippen molar-refractivity contribution in [3.8, 4) is 0 Å². The molecular formula is C19H21F6N5O4. The number of imidazole rings is 1. The zero-order valence-corrected chi connectivity index (χ0v) is 17.8.